The van der Waals surface area contributed by atoms with Crippen molar-refractivity contribution in [1.29, 1.82) is 0 Å². The molecule has 2 aromatic heterocycles. The Balaban J connectivity index is 1.67. The van der Waals surface area contributed by atoms with Crippen LogP contribution in [0.25, 0.3) is 0 Å². The summed E-state index contributed by atoms with van der Waals surface area (Å²) in [6.45, 7) is 0. The van der Waals surface area contributed by atoms with Crippen LogP contribution in [0, 0.1) is 0 Å². The van der Waals surface area contributed by atoms with Gasteiger partial charge in [-0.1, -0.05) is 11.6 Å². The zero-order valence-corrected chi connectivity index (χ0v) is 17.6. The first-order chi connectivity index (χ1) is 15.2. The number of fused-ring (bicyclic) bond motifs is 1. The molecule has 1 amide bonds. The summed E-state index contributed by atoms with van der Waals surface area (Å²) >= 11 is 6.30. The number of hydrogen-bond donors (Lipinski definition) is 2. The van der Waals surface area contributed by atoms with Crippen LogP contribution >= 0.6 is 11.6 Å². The minimum absolute atomic E-state index is 0.112. The van der Waals surface area contributed by atoms with Gasteiger partial charge in [0, 0.05) is 18.2 Å². The van der Waals surface area contributed by atoms with Gasteiger partial charge in [-0.05, 0) is 24.3 Å². The largest absolute Gasteiger partial charge is 0.493 e. The van der Waals surface area contributed by atoms with E-state index >= 15 is 0 Å². The molecule has 2 unspecified atom stereocenters. The maximum absolute atomic E-state index is 13.8. The normalized spacial score (nSPS) is 17.9. The summed E-state index contributed by atoms with van der Waals surface area (Å²) in [4.78, 5) is 12.8. The number of carbonyl (C=O) groups is 1. The number of rotatable bonds is 5. The number of furan rings is 1. The third-order valence-corrected chi connectivity index (χ3v) is 5.40. The molecule has 1 aliphatic heterocycles. The van der Waals surface area contributed by atoms with Crippen molar-refractivity contribution in [2.24, 2.45) is 0 Å². The molecular formula is C20H18ClF3N4O4. The van der Waals surface area contributed by atoms with Crippen molar-refractivity contribution in [1.82, 2.24) is 9.78 Å². The number of amides is 1. The van der Waals surface area contributed by atoms with Gasteiger partial charge < -0.3 is 24.5 Å². The van der Waals surface area contributed by atoms with Gasteiger partial charge in [-0.2, -0.15) is 18.3 Å². The second kappa shape index (κ2) is 8.30. The van der Waals surface area contributed by atoms with E-state index in [4.69, 9.17) is 25.5 Å². The van der Waals surface area contributed by atoms with Gasteiger partial charge in [0.1, 0.15) is 16.6 Å². The zero-order chi connectivity index (χ0) is 23.0. The highest BCUT2D eigenvalue weighted by Crippen LogP contribution is 2.46. The quantitative estimate of drug-likeness (QED) is 0.541. The van der Waals surface area contributed by atoms with Crippen LogP contribution in [-0.4, -0.2) is 36.1 Å². The van der Waals surface area contributed by atoms with E-state index in [0.717, 1.165) is 0 Å². The second-order valence-electron chi connectivity index (χ2n) is 6.99. The number of nitrogens with one attached hydrogen (secondary N) is 2. The van der Waals surface area contributed by atoms with Gasteiger partial charge >= 0.3 is 6.18 Å². The van der Waals surface area contributed by atoms with E-state index in [-0.39, 0.29) is 23.0 Å². The molecule has 0 spiro atoms. The predicted molar refractivity (Wildman–Crippen MR) is 110 cm³/mol. The molecule has 0 saturated carbocycles. The molecule has 0 fully saturated rings. The average molecular weight is 471 g/mol. The first-order valence-corrected chi connectivity index (χ1v) is 9.78. The summed E-state index contributed by atoms with van der Waals surface area (Å²) < 4.78 is 57.7. The fourth-order valence-electron chi connectivity index (χ4n) is 3.51. The van der Waals surface area contributed by atoms with Gasteiger partial charge in [0.15, 0.2) is 23.2 Å². The van der Waals surface area contributed by atoms with Crippen molar-refractivity contribution in [3.63, 3.8) is 0 Å². The Labute approximate surface area is 185 Å². The number of carbonyl (C=O) groups excluding carboxylic acids is 1. The maximum atomic E-state index is 13.8. The Bertz CT molecular complexity index is 1130. The molecule has 32 heavy (non-hydrogen) atoms. The van der Waals surface area contributed by atoms with Gasteiger partial charge in [0.25, 0.3) is 5.91 Å². The average Bonchev–Trinajstić information content (AvgIpc) is 3.41. The van der Waals surface area contributed by atoms with Crippen molar-refractivity contribution >= 4 is 29.0 Å². The fraction of sp³-hybridized carbons (Fsp3) is 0.300. The van der Waals surface area contributed by atoms with Crippen molar-refractivity contribution in [3.05, 3.63) is 53.1 Å². The number of ether oxygens (including phenoxy) is 2. The molecule has 4 rings (SSSR count). The molecule has 0 aliphatic carbocycles. The molecule has 3 heterocycles. The van der Waals surface area contributed by atoms with E-state index in [0.29, 0.717) is 27.6 Å². The summed E-state index contributed by atoms with van der Waals surface area (Å²) in [5, 5.41) is 9.13. The lowest BCUT2D eigenvalue weighted by Gasteiger charge is -2.32. The van der Waals surface area contributed by atoms with Gasteiger partial charge in [-0.15, -0.1) is 0 Å². The van der Waals surface area contributed by atoms with Gasteiger partial charge in [-0.25, -0.2) is 4.68 Å². The number of anilines is 2. The number of halogens is 4. The van der Waals surface area contributed by atoms with Crippen LogP contribution in [0.5, 0.6) is 11.5 Å². The lowest BCUT2D eigenvalue weighted by molar-refractivity contribution is -0.174. The SMILES string of the molecule is COc1ccc(NC(=O)c2nn3c(c2Cl)NC(c2ccco2)CC3C(F)(F)F)cc1OC. The van der Waals surface area contributed by atoms with Crippen molar-refractivity contribution in [3.8, 4) is 11.5 Å². The third-order valence-electron chi connectivity index (χ3n) is 5.04. The molecular weight excluding hydrogens is 453 g/mol. The highest BCUT2D eigenvalue weighted by molar-refractivity contribution is 6.36. The molecule has 2 N–H and O–H groups in total. The van der Waals surface area contributed by atoms with Crippen LogP contribution in [0.3, 0.4) is 0 Å². The van der Waals surface area contributed by atoms with Crippen LogP contribution < -0.4 is 20.1 Å². The van der Waals surface area contributed by atoms with Crippen LogP contribution in [0.15, 0.2) is 41.0 Å². The number of alkyl halides is 3. The lowest BCUT2D eigenvalue weighted by atomic mass is 10.0. The maximum Gasteiger partial charge on any atom is 0.410 e. The van der Waals surface area contributed by atoms with Crippen LogP contribution in [0.4, 0.5) is 24.7 Å². The summed E-state index contributed by atoms with van der Waals surface area (Å²) in [7, 11) is 2.90. The lowest BCUT2D eigenvalue weighted by Crippen LogP contribution is -2.35. The summed E-state index contributed by atoms with van der Waals surface area (Å²) in [5.74, 6) is 0.238. The number of methoxy groups -OCH3 is 2. The predicted octanol–water partition coefficient (Wildman–Crippen LogP) is 5.06. The summed E-state index contributed by atoms with van der Waals surface area (Å²) in [6, 6.07) is 4.99. The van der Waals surface area contributed by atoms with E-state index in [2.05, 4.69) is 15.7 Å². The minimum atomic E-state index is -4.62. The van der Waals surface area contributed by atoms with Crippen LogP contribution in [0.1, 0.15) is 34.8 Å². The molecule has 8 nitrogen and oxygen atoms in total. The number of nitrogens with zero attached hydrogens (tertiary/aromatic N) is 2. The number of aromatic nitrogens is 2. The first kappa shape index (κ1) is 21.9. The smallest absolute Gasteiger partial charge is 0.410 e. The van der Waals surface area contributed by atoms with E-state index in [1.54, 1.807) is 24.3 Å². The highest BCUT2D eigenvalue weighted by Gasteiger charge is 2.48. The Morgan fingerprint density at radius 3 is 2.66 bits per heavy atom. The molecule has 1 aliphatic rings. The van der Waals surface area contributed by atoms with Crippen molar-refractivity contribution < 1.29 is 31.9 Å². The zero-order valence-electron chi connectivity index (χ0n) is 16.9. The van der Waals surface area contributed by atoms with Gasteiger partial charge in [0.05, 0.1) is 26.5 Å². The summed E-state index contributed by atoms with van der Waals surface area (Å²) in [5.41, 5.74) is -0.0261. The number of benzene rings is 1. The molecule has 2 atom stereocenters. The molecule has 0 radical (unpaired) electrons. The highest BCUT2D eigenvalue weighted by atomic mass is 35.5. The van der Waals surface area contributed by atoms with E-state index in [1.165, 1.54) is 26.5 Å². The molecule has 0 bridgehead atoms. The van der Waals surface area contributed by atoms with E-state index in [1.807, 2.05) is 0 Å². The monoisotopic (exact) mass is 470 g/mol. The molecule has 3 aromatic rings. The Morgan fingerprint density at radius 2 is 2.03 bits per heavy atom. The Hall–Kier alpha value is -3.34. The topological polar surface area (TPSA) is 90.5 Å². The molecule has 1 aromatic carbocycles. The first-order valence-electron chi connectivity index (χ1n) is 9.41. The van der Waals surface area contributed by atoms with Gasteiger partial charge in [-0.3, -0.25) is 4.79 Å². The van der Waals surface area contributed by atoms with Crippen LogP contribution in [-0.2, 0) is 0 Å². The van der Waals surface area contributed by atoms with Crippen molar-refractivity contribution in [2.45, 2.75) is 24.7 Å². The van der Waals surface area contributed by atoms with Crippen LogP contribution in [0.2, 0.25) is 5.02 Å². The van der Waals surface area contributed by atoms with Crippen molar-refractivity contribution in [2.75, 3.05) is 24.9 Å². The van der Waals surface area contributed by atoms with E-state index < -0.39 is 24.2 Å². The summed E-state index contributed by atoms with van der Waals surface area (Å²) in [6.07, 6.45) is -3.62. The number of hydrogen-bond acceptors (Lipinski definition) is 6. The van der Waals surface area contributed by atoms with Gasteiger partial charge in [0.2, 0.25) is 0 Å². The molecule has 170 valence electrons. The minimum Gasteiger partial charge on any atom is -0.493 e. The molecule has 0 saturated heterocycles. The molecule has 12 heteroatoms. The Kier molecular flexibility index (Phi) is 5.68. The third kappa shape index (κ3) is 3.95. The second-order valence-corrected chi connectivity index (χ2v) is 7.36. The fourth-order valence-corrected chi connectivity index (χ4v) is 3.78. The Morgan fingerprint density at radius 1 is 1.28 bits per heavy atom. The standard InChI is InChI=1S/C20H18ClF3N4O4/c1-30-13-6-5-10(8-14(13)31-2)25-19(29)17-16(21)18-26-11(12-4-3-7-32-12)9-15(20(22,23)24)28(18)27-17/h3-8,11,15,26H,9H2,1-2H3,(H,25,29). The van der Waals surface area contributed by atoms with E-state index in [9.17, 15) is 18.0 Å².